The van der Waals surface area contributed by atoms with Crippen LogP contribution in [0.25, 0.3) is 0 Å². The Hall–Kier alpha value is -1.32. The molecule has 1 saturated carbocycles. The van der Waals surface area contributed by atoms with Gasteiger partial charge in [-0.15, -0.1) is 11.3 Å². The molecule has 3 rings (SSSR count). The molecule has 2 nitrogen and oxygen atoms in total. The van der Waals surface area contributed by atoms with Crippen molar-refractivity contribution in [1.29, 1.82) is 0 Å². The van der Waals surface area contributed by atoms with Gasteiger partial charge in [0.15, 0.2) is 0 Å². The summed E-state index contributed by atoms with van der Waals surface area (Å²) in [5.74, 6) is 0.943. The monoisotopic (exact) mass is 259 g/mol. The normalized spacial score (nSPS) is 14.7. The van der Waals surface area contributed by atoms with E-state index in [9.17, 15) is 0 Å². The molecule has 1 heterocycles. The third-order valence-electron chi connectivity index (χ3n) is 3.06. The molecule has 1 aliphatic rings. The van der Waals surface area contributed by atoms with E-state index in [2.05, 4.69) is 47.1 Å². The van der Waals surface area contributed by atoms with E-state index in [-0.39, 0.29) is 0 Å². The topological polar surface area (TPSA) is 21.3 Å². The number of hydrogen-bond donors (Lipinski definition) is 1. The van der Waals surface area contributed by atoms with Gasteiger partial charge in [0.25, 0.3) is 0 Å². The third kappa shape index (κ3) is 3.34. The Morgan fingerprint density at radius 2 is 2.00 bits per heavy atom. The summed E-state index contributed by atoms with van der Waals surface area (Å²) in [6.45, 7) is 1.63. The Kier molecular flexibility index (Phi) is 3.62. The molecule has 0 unspecified atom stereocenters. The SMILES string of the molecule is c1csc(COc2ccc(CNC3CC3)cc2)c1. The number of hydrogen-bond acceptors (Lipinski definition) is 3. The predicted molar refractivity (Wildman–Crippen MR) is 75.0 cm³/mol. The molecule has 94 valence electrons. The van der Waals surface area contributed by atoms with E-state index in [1.165, 1.54) is 23.3 Å². The highest BCUT2D eigenvalue weighted by Gasteiger charge is 2.19. The lowest BCUT2D eigenvalue weighted by atomic mass is 10.2. The minimum absolute atomic E-state index is 0.664. The van der Waals surface area contributed by atoms with Crippen LogP contribution in [0, 0.1) is 0 Å². The van der Waals surface area contributed by atoms with Crippen LogP contribution in [0.15, 0.2) is 41.8 Å². The lowest BCUT2D eigenvalue weighted by Crippen LogP contribution is -2.15. The second kappa shape index (κ2) is 5.55. The van der Waals surface area contributed by atoms with Crippen molar-refractivity contribution in [3.63, 3.8) is 0 Å². The minimum atomic E-state index is 0.664. The average molecular weight is 259 g/mol. The van der Waals surface area contributed by atoms with E-state index in [4.69, 9.17) is 4.74 Å². The van der Waals surface area contributed by atoms with Gasteiger partial charge in [-0.05, 0) is 42.0 Å². The fourth-order valence-corrected chi connectivity index (χ4v) is 2.42. The quantitative estimate of drug-likeness (QED) is 0.856. The Morgan fingerprint density at radius 1 is 1.17 bits per heavy atom. The summed E-state index contributed by atoms with van der Waals surface area (Å²) in [5.41, 5.74) is 1.32. The second-order valence-corrected chi connectivity index (χ2v) is 5.70. The Morgan fingerprint density at radius 3 is 2.67 bits per heavy atom. The van der Waals surface area contributed by atoms with Crippen LogP contribution in [0.5, 0.6) is 5.75 Å². The highest BCUT2D eigenvalue weighted by molar-refractivity contribution is 7.09. The summed E-state index contributed by atoms with van der Waals surface area (Å²) >= 11 is 1.73. The van der Waals surface area contributed by atoms with Crippen molar-refractivity contribution in [3.05, 3.63) is 52.2 Å². The second-order valence-electron chi connectivity index (χ2n) is 4.67. The molecule has 0 spiro atoms. The molecule has 0 radical (unpaired) electrons. The zero-order valence-corrected chi connectivity index (χ0v) is 11.1. The van der Waals surface area contributed by atoms with Crippen molar-refractivity contribution < 1.29 is 4.74 Å². The van der Waals surface area contributed by atoms with Crippen molar-refractivity contribution >= 4 is 11.3 Å². The molecule has 0 saturated heterocycles. The summed E-state index contributed by atoms with van der Waals surface area (Å²) in [7, 11) is 0. The molecule has 0 atom stereocenters. The highest BCUT2D eigenvalue weighted by Crippen LogP contribution is 2.20. The number of nitrogens with one attached hydrogen (secondary N) is 1. The van der Waals surface area contributed by atoms with Gasteiger partial charge in [-0.1, -0.05) is 18.2 Å². The molecule has 3 heteroatoms. The lowest BCUT2D eigenvalue weighted by Gasteiger charge is -2.06. The molecule has 0 bridgehead atoms. The molecule has 1 N–H and O–H groups in total. The summed E-state index contributed by atoms with van der Waals surface area (Å²) in [6.07, 6.45) is 2.67. The van der Waals surface area contributed by atoms with E-state index >= 15 is 0 Å². The maximum absolute atomic E-state index is 5.73. The van der Waals surface area contributed by atoms with Crippen LogP contribution in [0.3, 0.4) is 0 Å². The van der Waals surface area contributed by atoms with Crippen molar-refractivity contribution in [2.45, 2.75) is 32.0 Å². The van der Waals surface area contributed by atoms with Gasteiger partial charge in [-0.25, -0.2) is 0 Å². The Bertz CT molecular complexity index is 474. The van der Waals surface area contributed by atoms with Gasteiger partial charge in [-0.3, -0.25) is 0 Å². The van der Waals surface area contributed by atoms with Crippen LogP contribution in [-0.4, -0.2) is 6.04 Å². The maximum atomic E-state index is 5.73. The molecule has 1 aliphatic carbocycles. The third-order valence-corrected chi connectivity index (χ3v) is 3.91. The van der Waals surface area contributed by atoms with Gasteiger partial charge in [0.05, 0.1) is 0 Å². The Balaban J connectivity index is 1.50. The van der Waals surface area contributed by atoms with Crippen molar-refractivity contribution in [2.24, 2.45) is 0 Å². The highest BCUT2D eigenvalue weighted by atomic mass is 32.1. The summed E-state index contributed by atoms with van der Waals surface area (Å²) < 4.78 is 5.73. The first-order valence-corrected chi connectivity index (χ1v) is 7.25. The van der Waals surface area contributed by atoms with E-state index < -0.39 is 0 Å². The molecule has 1 aromatic carbocycles. The van der Waals surface area contributed by atoms with Crippen LogP contribution in [0.4, 0.5) is 0 Å². The first-order chi connectivity index (χ1) is 8.90. The van der Waals surface area contributed by atoms with Crippen molar-refractivity contribution in [1.82, 2.24) is 5.32 Å². The van der Waals surface area contributed by atoms with Gasteiger partial charge in [0.1, 0.15) is 12.4 Å². The summed E-state index contributed by atoms with van der Waals surface area (Å²) in [4.78, 5) is 1.26. The van der Waals surface area contributed by atoms with E-state index in [1.54, 1.807) is 11.3 Å². The molecule has 1 aromatic heterocycles. The first-order valence-electron chi connectivity index (χ1n) is 6.38. The van der Waals surface area contributed by atoms with Gasteiger partial charge in [-0.2, -0.15) is 0 Å². The molecular formula is C15H17NOS. The first kappa shape index (κ1) is 11.8. The van der Waals surface area contributed by atoms with E-state index in [0.717, 1.165) is 18.3 Å². The van der Waals surface area contributed by atoms with Crippen LogP contribution < -0.4 is 10.1 Å². The van der Waals surface area contributed by atoms with Crippen molar-refractivity contribution in [2.75, 3.05) is 0 Å². The molecular weight excluding hydrogens is 242 g/mol. The number of ether oxygens (including phenoxy) is 1. The fourth-order valence-electron chi connectivity index (χ4n) is 1.80. The van der Waals surface area contributed by atoms with Gasteiger partial charge in [0, 0.05) is 17.5 Å². The molecule has 1 fully saturated rings. The summed E-state index contributed by atoms with van der Waals surface area (Å²) in [6, 6.07) is 13.3. The number of benzene rings is 1. The molecule has 18 heavy (non-hydrogen) atoms. The maximum Gasteiger partial charge on any atom is 0.122 e. The molecule has 2 aromatic rings. The lowest BCUT2D eigenvalue weighted by molar-refractivity contribution is 0.309. The zero-order valence-electron chi connectivity index (χ0n) is 10.3. The van der Waals surface area contributed by atoms with Crippen LogP contribution in [0.2, 0.25) is 0 Å². The minimum Gasteiger partial charge on any atom is -0.488 e. The van der Waals surface area contributed by atoms with Crippen LogP contribution >= 0.6 is 11.3 Å². The van der Waals surface area contributed by atoms with Gasteiger partial charge >= 0.3 is 0 Å². The van der Waals surface area contributed by atoms with Crippen LogP contribution in [0.1, 0.15) is 23.3 Å². The standard InChI is InChI=1S/C15H17NOS/c1-2-15(18-9-1)11-17-14-7-3-12(4-8-14)10-16-13-5-6-13/h1-4,7-9,13,16H,5-6,10-11H2. The molecule has 0 amide bonds. The average Bonchev–Trinajstić information content (AvgIpc) is 3.09. The Labute approximate surface area is 112 Å². The summed E-state index contributed by atoms with van der Waals surface area (Å²) in [5, 5.41) is 5.58. The van der Waals surface area contributed by atoms with E-state index in [0.29, 0.717) is 6.61 Å². The zero-order chi connectivity index (χ0) is 12.2. The smallest absolute Gasteiger partial charge is 0.122 e. The predicted octanol–water partition coefficient (Wildman–Crippen LogP) is 3.58. The van der Waals surface area contributed by atoms with Gasteiger partial charge in [0.2, 0.25) is 0 Å². The van der Waals surface area contributed by atoms with E-state index in [1.807, 2.05) is 0 Å². The largest absolute Gasteiger partial charge is 0.488 e. The molecule has 0 aliphatic heterocycles. The number of thiophene rings is 1. The fraction of sp³-hybridized carbons (Fsp3) is 0.333. The number of rotatable bonds is 6. The van der Waals surface area contributed by atoms with Crippen molar-refractivity contribution in [3.8, 4) is 5.75 Å². The van der Waals surface area contributed by atoms with Crippen LogP contribution in [-0.2, 0) is 13.2 Å². The van der Waals surface area contributed by atoms with Gasteiger partial charge < -0.3 is 10.1 Å².